The largest absolute Gasteiger partial charge is 0.481 e. The predicted octanol–water partition coefficient (Wildman–Crippen LogP) is 3.33. The van der Waals surface area contributed by atoms with Crippen molar-refractivity contribution < 1.29 is 9.53 Å². The van der Waals surface area contributed by atoms with Crippen molar-refractivity contribution in [3.8, 4) is 5.75 Å². The van der Waals surface area contributed by atoms with Crippen LogP contribution in [0, 0.1) is 0 Å². The van der Waals surface area contributed by atoms with Gasteiger partial charge in [0.2, 0.25) is 0 Å². The predicted molar refractivity (Wildman–Crippen MR) is 81.0 cm³/mol. The number of nitrogens with two attached hydrogens (primary N) is 1. The third-order valence-corrected chi connectivity index (χ3v) is 2.87. The number of carbonyl (C=O) groups excluding carboxylic acids is 1. The van der Waals surface area contributed by atoms with Gasteiger partial charge in [-0.1, -0.05) is 23.7 Å². The number of hydrogen-bond donors (Lipinski definition) is 2. The highest BCUT2D eigenvalue weighted by atomic mass is 35.5. The molecule has 0 aliphatic rings. The lowest BCUT2D eigenvalue weighted by molar-refractivity contribution is -0.122. The Kier molecular flexibility index (Phi) is 4.48. The molecule has 1 atom stereocenters. The lowest BCUT2D eigenvalue weighted by Gasteiger charge is -2.15. The Bertz CT molecular complexity index is 616. The standard InChI is InChI=1S/C15H15ClN2O2/c1-10(20-14-7-2-4-11(16)8-14)15(19)18-13-6-3-5-12(17)9-13/h2-10H,17H2,1H3,(H,18,19). The topological polar surface area (TPSA) is 64.3 Å². The lowest BCUT2D eigenvalue weighted by Crippen LogP contribution is -2.30. The molecule has 0 heterocycles. The second-order valence-electron chi connectivity index (χ2n) is 4.33. The van der Waals surface area contributed by atoms with Crippen LogP contribution < -0.4 is 15.8 Å². The molecule has 2 rings (SSSR count). The Morgan fingerprint density at radius 2 is 2.00 bits per heavy atom. The van der Waals surface area contributed by atoms with E-state index < -0.39 is 6.10 Å². The molecule has 4 nitrogen and oxygen atoms in total. The highest BCUT2D eigenvalue weighted by Gasteiger charge is 2.15. The third kappa shape index (κ3) is 3.90. The van der Waals surface area contributed by atoms with Crippen LogP contribution in [0.3, 0.4) is 0 Å². The summed E-state index contributed by atoms with van der Waals surface area (Å²) in [4.78, 5) is 12.0. The van der Waals surface area contributed by atoms with E-state index in [9.17, 15) is 4.79 Å². The first-order valence-electron chi connectivity index (χ1n) is 6.13. The number of nitrogens with one attached hydrogen (secondary N) is 1. The molecular formula is C15H15ClN2O2. The van der Waals surface area contributed by atoms with E-state index in [4.69, 9.17) is 22.1 Å². The fourth-order valence-electron chi connectivity index (χ4n) is 1.66. The second-order valence-corrected chi connectivity index (χ2v) is 4.77. The van der Waals surface area contributed by atoms with Crippen molar-refractivity contribution in [3.63, 3.8) is 0 Å². The Balaban J connectivity index is 1.98. The molecule has 0 saturated carbocycles. The Morgan fingerprint density at radius 1 is 1.25 bits per heavy atom. The van der Waals surface area contributed by atoms with E-state index in [1.165, 1.54) is 0 Å². The first kappa shape index (κ1) is 14.2. The molecule has 1 amide bonds. The summed E-state index contributed by atoms with van der Waals surface area (Å²) in [6.07, 6.45) is -0.644. The molecule has 3 N–H and O–H groups in total. The summed E-state index contributed by atoms with van der Waals surface area (Å²) in [6, 6.07) is 13.9. The highest BCUT2D eigenvalue weighted by Crippen LogP contribution is 2.19. The van der Waals surface area contributed by atoms with Crippen LogP contribution in [0.4, 0.5) is 11.4 Å². The molecule has 0 fully saturated rings. The number of benzene rings is 2. The van der Waals surface area contributed by atoms with Gasteiger partial charge in [0.1, 0.15) is 5.75 Å². The zero-order chi connectivity index (χ0) is 14.5. The van der Waals surface area contributed by atoms with E-state index in [1.54, 1.807) is 55.5 Å². The van der Waals surface area contributed by atoms with Gasteiger partial charge in [0, 0.05) is 16.4 Å². The maximum absolute atomic E-state index is 12.0. The van der Waals surface area contributed by atoms with Crippen molar-refractivity contribution in [1.29, 1.82) is 0 Å². The van der Waals surface area contributed by atoms with Gasteiger partial charge >= 0.3 is 0 Å². The molecule has 104 valence electrons. The van der Waals surface area contributed by atoms with E-state index in [0.717, 1.165) is 0 Å². The number of amides is 1. The van der Waals surface area contributed by atoms with Gasteiger partial charge in [-0.2, -0.15) is 0 Å². The molecule has 0 spiro atoms. The monoisotopic (exact) mass is 290 g/mol. The maximum atomic E-state index is 12.0. The van der Waals surface area contributed by atoms with Gasteiger partial charge in [-0.3, -0.25) is 4.79 Å². The Morgan fingerprint density at radius 3 is 2.70 bits per heavy atom. The Hall–Kier alpha value is -2.20. The van der Waals surface area contributed by atoms with E-state index in [0.29, 0.717) is 22.1 Å². The molecule has 5 heteroatoms. The summed E-state index contributed by atoms with van der Waals surface area (Å²) in [5.74, 6) is 0.295. The minimum absolute atomic E-state index is 0.254. The van der Waals surface area contributed by atoms with Crippen LogP contribution in [0.15, 0.2) is 48.5 Å². The summed E-state index contributed by atoms with van der Waals surface area (Å²) in [6.45, 7) is 1.67. The van der Waals surface area contributed by atoms with E-state index >= 15 is 0 Å². The molecule has 0 saturated heterocycles. The first-order chi connectivity index (χ1) is 9.54. The van der Waals surface area contributed by atoms with Gasteiger partial charge in [0.05, 0.1) is 0 Å². The van der Waals surface area contributed by atoms with Gasteiger partial charge in [0.15, 0.2) is 6.10 Å². The molecule has 2 aromatic rings. The van der Waals surface area contributed by atoms with E-state index in [2.05, 4.69) is 5.32 Å². The number of hydrogen-bond acceptors (Lipinski definition) is 3. The highest BCUT2D eigenvalue weighted by molar-refractivity contribution is 6.30. The molecule has 0 bridgehead atoms. The number of anilines is 2. The average molecular weight is 291 g/mol. The van der Waals surface area contributed by atoms with Crippen molar-refractivity contribution >= 4 is 28.9 Å². The normalized spacial score (nSPS) is 11.7. The zero-order valence-corrected chi connectivity index (χ0v) is 11.7. The smallest absolute Gasteiger partial charge is 0.265 e. The zero-order valence-electron chi connectivity index (χ0n) is 11.0. The van der Waals surface area contributed by atoms with Crippen molar-refractivity contribution in [2.45, 2.75) is 13.0 Å². The lowest BCUT2D eigenvalue weighted by atomic mass is 10.2. The van der Waals surface area contributed by atoms with Crippen molar-refractivity contribution in [2.75, 3.05) is 11.1 Å². The summed E-state index contributed by atoms with van der Waals surface area (Å²) < 4.78 is 5.53. The quantitative estimate of drug-likeness (QED) is 0.849. The number of halogens is 1. The van der Waals surface area contributed by atoms with Gasteiger partial charge < -0.3 is 15.8 Å². The summed E-state index contributed by atoms with van der Waals surface area (Å²) in [7, 11) is 0. The van der Waals surface area contributed by atoms with Crippen molar-refractivity contribution in [3.05, 3.63) is 53.6 Å². The molecule has 0 aliphatic carbocycles. The maximum Gasteiger partial charge on any atom is 0.265 e. The molecular weight excluding hydrogens is 276 g/mol. The van der Waals surface area contributed by atoms with Gasteiger partial charge in [-0.15, -0.1) is 0 Å². The molecule has 0 radical (unpaired) electrons. The molecule has 20 heavy (non-hydrogen) atoms. The van der Waals surface area contributed by atoms with Crippen LogP contribution >= 0.6 is 11.6 Å². The van der Waals surface area contributed by atoms with Crippen molar-refractivity contribution in [1.82, 2.24) is 0 Å². The fraction of sp³-hybridized carbons (Fsp3) is 0.133. The first-order valence-corrected chi connectivity index (χ1v) is 6.51. The third-order valence-electron chi connectivity index (χ3n) is 2.63. The molecule has 0 aromatic heterocycles. The number of rotatable bonds is 4. The molecule has 2 aromatic carbocycles. The van der Waals surface area contributed by atoms with Crippen molar-refractivity contribution in [2.24, 2.45) is 0 Å². The fourth-order valence-corrected chi connectivity index (χ4v) is 1.84. The second kappa shape index (κ2) is 6.30. The number of ether oxygens (including phenoxy) is 1. The van der Waals surface area contributed by atoms with Gasteiger partial charge in [-0.25, -0.2) is 0 Å². The van der Waals surface area contributed by atoms with E-state index in [1.807, 2.05) is 0 Å². The van der Waals surface area contributed by atoms with Crippen LogP contribution in [0.5, 0.6) is 5.75 Å². The van der Waals surface area contributed by atoms with Gasteiger partial charge in [0.25, 0.3) is 5.91 Å². The van der Waals surface area contributed by atoms with Crippen LogP contribution in [0.1, 0.15) is 6.92 Å². The van der Waals surface area contributed by atoms with Crippen LogP contribution in [-0.4, -0.2) is 12.0 Å². The van der Waals surface area contributed by atoms with Crippen LogP contribution in [0.2, 0.25) is 5.02 Å². The van der Waals surface area contributed by atoms with Gasteiger partial charge in [-0.05, 0) is 43.3 Å². The molecule has 0 aliphatic heterocycles. The SMILES string of the molecule is CC(Oc1cccc(Cl)c1)C(=O)Nc1cccc(N)c1. The Labute approximate surface area is 122 Å². The minimum atomic E-state index is -0.644. The molecule has 1 unspecified atom stereocenters. The summed E-state index contributed by atoms with van der Waals surface area (Å²) in [5.41, 5.74) is 6.88. The summed E-state index contributed by atoms with van der Waals surface area (Å²) in [5, 5.41) is 3.30. The van der Waals surface area contributed by atoms with Crippen LogP contribution in [0.25, 0.3) is 0 Å². The van der Waals surface area contributed by atoms with E-state index in [-0.39, 0.29) is 5.91 Å². The number of nitrogen functional groups attached to an aromatic ring is 1. The summed E-state index contributed by atoms with van der Waals surface area (Å²) >= 11 is 5.86. The number of carbonyl (C=O) groups is 1. The minimum Gasteiger partial charge on any atom is -0.481 e. The van der Waals surface area contributed by atoms with Crippen LogP contribution in [-0.2, 0) is 4.79 Å². The average Bonchev–Trinajstić information content (AvgIpc) is 2.38.